The van der Waals surface area contributed by atoms with E-state index in [-0.39, 0.29) is 12.2 Å². The van der Waals surface area contributed by atoms with Crippen LogP contribution in [0.3, 0.4) is 0 Å². The van der Waals surface area contributed by atoms with Gasteiger partial charge in [-0.3, -0.25) is 9.78 Å². The van der Waals surface area contributed by atoms with Crippen molar-refractivity contribution < 1.29 is 35.6 Å². The van der Waals surface area contributed by atoms with Crippen molar-refractivity contribution in [2.45, 2.75) is 29.9 Å². The molecule has 2 aromatic carbocycles. The number of nitrogens with zero attached hydrogens (tertiary/aromatic N) is 3. The van der Waals surface area contributed by atoms with Crippen molar-refractivity contribution >= 4 is 27.5 Å². The minimum atomic E-state index is -5.57. The topological polar surface area (TPSA) is 87.7 Å². The maximum atomic E-state index is 13.3. The highest BCUT2D eigenvalue weighted by Crippen LogP contribution is 2.33. The number of benzene rings is 2. The fraction of sp³-hybridized carbons (Fsp3) is 0.174. The number of hydrogen-bond acceptors (Lipinski definition) is 5. The first kappa shape index (κ1) is 24.3. The van der Waals surface area contributed by atoms with E-state index < -0.39 is 44.0 Å². The van der Waals surface area contributed by atoms with Crippen LogP contribution in [-0.2, 0) is 21.2 Å². The van der Waals surface area contributed by atoms with Crippen molar-refractivity contribution in [1.82, 2.24) is 9.88 Å². The van der Waals surface area contributed by atoms with E-state index in [1.807, 2.05) is 0 Å². The van der Waals surface area contributed by atoms with Gasteiger partial charge in [-0.1, -0.05) is 12.1 Å². The fourth-order valence-corrected chi connectivity index (χ4v) is 4.45. The van der Waals surface area contributed by atoms with Crippen LogP contribution in [0, 0.1) is 5.82 Å². The zero-order valence-corrected chi connectivity index (χ0v) is 18.8. The van der Waals surface area contributed by atoms with Gasteiger partial charge < -0.3 is 4.90 Å². The minimum absolute atomic E-state index is 0.00198. The first-order valence-corrected chi connectivity index (χ1v) is 11.6. The van der Waals surface area contributed by atoms with Gasteiger partial charge in [0.2, 0.25) is 0 Å². The second-order valence-corrected chi connectivity index (χ2v) is 9.68. The van der Waals surface area contributed by atoms with E-state index in [0.29, 0.717) is 28.8 Å². The summed E-state index contributed by atoms with van der Waals surface area (Å²) < 4.78 is 74.9. The fourth-order valence-electron chi connectivity index (χ4n) is 3.69. The van der Waals surface area contributed by atoms with E-state index in [0.717, 1.165) is 17.0 Å². The maximum absolute atomic E-state index is 13.3. The Balaban J connectivity index is 1.62. The van der Waals surface area contributed by atoms with Crippen LogP contribution in [0.2, 0.25) is 0 Å². The lowest BCUT2D eigenvalue weighted by atomic mass is 10.0. The Morgan fingerprint density at radius 3 is 2.20 bits per heavy atom. The number of rotatable bonds is 5. The Labute approximate surface area is 197 Å². The molecule has 1 aromatic heterocycles. The van der Waals surface area contributed by atoms with Crippen LogP contribution >= 0.6 is 0 Å². The van der Waals surface area contributed by atoms with Gasteiger partial charge in [-0.05, 0) is 60.5 Å². The zero-order chi connectivity index (χ0) is 25.5. The standard InChI is InChI=1S/C23H17F4N3O4S/c1-14-21(31)30(18-6-8-19(9-7-18)35(33,34)23(25,26)27)22(32)29(14)13-16-10-11-28-12-20(16)15-2-4-17(24)5-3-15/h2-12,14H,13H2,1H3. The lowest BCUT2D eigenvalue weighted by molar-refractivity contribution is -0.119. The number of carbonyl (C=O) groups is 2. The second-order valence-electron chi connectivity index (χ2n) is 7.74. The zero-order valence-electron chi connectivity index (χ0n) is 18.0. The Kier molecular flexibility index (Phi) is 6.09. The molecule has 0 aliphatic carbocycles. The monoisotopic (exact) mass is 507 g/mol. The number of aromatic nitrogens is 1. The predicted octanol–water partition coefficient (Wildman–Crippen LogP) is 4.54. The highest BCUT2D eigenvalue weighted by Gasteiger charge is 2.47. The summed E-state index contributed by atoms with van der Waals surface area (Å²) in [6.45, 7) is 1.50. The lowest BCUT2D eigenvalue weighted by Crippen LogP contribution is -2.33. The second kappa shape index (κ2) is 8.77. The van der Waals surface area contributed by atoms with Gasteiger partial charge in [0.15, 0.2) is 0 Å². The van der Waals surface area contributed by atoms with E-state index in [2.05, 4.69) is 4.98 Å². The molecule has 1 aliphatic heterocycles. The molecule has 1 atom stereocenters. The van der Waals surface area contributed by atoms with Gasteiger partial charge in [-0.2, -0.15) is 13.2 Å². The number of carbonyl (C=O) groups excluding carboxylic acids is 2. The number of urea groups is 1. The van der Waals surface area contributed by atoms with Crippen LogP contribution in [0.1, 0.15) is 12.5 Å². The summed E-state index contributed by atoms with van der Waals surface area (Å²) in [6.07, 6.45) is 3.06. The number of amides is 3. The van der Waals surface area contributed by atoms with Crippen molar-refractivity contribution in [1.29, 1.82) is 0 Å². The maximum Gasteiger partial charge on any atom is 0.501 e. The molecule has 4 rings (SSSR count). The van der Waals surface area contributed by atoms with Gasteiger partial charge in [0.05, 0.1) is 10.6 Å². The molecule has 0 bridgehead atoms. The molecule has 0 N–H and O–H groups in total. The highest BCUT2D eigenvalue weighted by atomic mass is 32.2. The molecule has 3 amide bonds. The van der Waals surface area contributed by atoms with Crippen LogP contribution < -0.4 is 4.90 Å². The van der Waals surface area contributed by atoms with Crippen molar-refractivity contribution in [2.24, 2.45) is 0 Å². The van der Waals surface area contributed by atoms with Crippen molar-refractivity contribution in [3.8, 4) is 11.1 Å². The van der Waals surface area contributed by atoms with Gasteiger partial charge in [0.1, 0.15) is 11.9 Å². The quantitative estimate of drug-likeness (QED) is 0.374. The largest absolute Gasteiger partial charge is 0.501 e. The molecule has 1 saturated heterocycles. The van der Waals surface area contributed by atoms with Crippen LogP contribution in [0.25, 0.3) is 11.1 Å². The molecule has 12 heteroatoms. The number of sulfone groups is 1. The predicted molar refractivity (Wildman–Crippen MR) is 117 cm³/mol. The third-order valence-corrected chi connectivity index (χ3v) is 7.10. The normalized spacial score (nSPS) is 16.8. The lowest BCUT2D eigenvalue weighted by Gasteiger charge is -2.21. The summed E-state index contributed by atoms with van der Waals surface area (Å²) in [5.74, 6) is -1.04. The number of halogens is 4. The van der Waals surface area contributed by atoms with Crippen LogP contribution in [0.15, 0.2) is 71.9 Å². The van der Waals surface area contributed by atoms with E-state index in [9.17, 15) is 35.6 Å². The molecule has 3 aromatic rings. The molecule has 2 heterocycles. The Morgan fingerprint density at radius 1 is 0.971 bits per heavy atom. The number of pyridine rings is 1. The molecule has 1 fully saturated rings. The summed E-state index contributed by atoms with van der Waals surface area (Å²) in [7, 11) is -5.57. The smallest absolute Gasteiger partial charge is 0.308 e. The van der Waals surface area contributed by atoms with Crippen molar-refractivity contribution in [3.05, 3.63) is 78.4 Å². The minimum Gasteiger partial charge on any atom is -0.308 e. The molecule has 1 aliphatic rings. The van der Waals surface area contributed by atoms with E-state index in [4.69, 9.17) is 0 Å². The first-order valence-electron chi connectivity index (χ1n) is 10.2. The summed E-state index contributed by atoms with van der Waals surface area (Å²) in [5.41, 5.74) is -3.64. The molecule has 7 nitrogen and oxygen atoms in total. The van der Waals surface area contributed by atoms with Gasteiger partial charge in [-0.15, -0.1) is 0 Å². The van der Waals surface area contributed by atoms with E-state index in [1.165, 1.54) is 30.2 Å². The summed E-state index contributed by atoms with van der Waals surface area (Å²) >= 11 is 0. The first-order chi connectivity index (χ1) is 16.4. The number of alkyl halides is 3. The molecule has 0 spiro atoms. The molecular weight excluding hydrogens is 490 g/mol. The Hall–Kier alpha value is -3.80. The SMILES string of the molecule is CC1C(=O)N(c2ccc(S(=O)(=O)C(F)(F)F)cc2)C(=O)N1Cc1ccncc1-c1ccc(F)cc1. The van der Waals surface area contributed by atoms with Gasteiger partial charge >= 0.3 is 11.5 Å². The average Bonchev–Trinajstić information content (AvgIpc) is 3.02. The van der Waals surface area contributed by atoms with Crippen LogP contribution in [0.5, 0.6) is 0 Å². The number of hydrogen-bond donors (Lipinski definition) is 0. The van der Waals surface area contributed by atoms with Crippen molar-refractivity contribution in [3.63, 3.8) is 0 Å². The summed E-state index contributed by atoms with van der Waals surface area (Å²) in [4.78, 5) is 31.1. The molecule has 35 heavy (non-hydrogen) atoms. The molecule has 0 radical (unpaired) electrons. The van der Waals surface area contributed by atoms with E-state index in [1.54, 1.807) is 24.4 Å². The molecule has 0 saturated carbocycles. The van der Waals surface area contributed by atoms with Gasteiger partial charge in [-0.25, -0.2) is 22.5 Å². The Bertz CT molecular complexity index is 1390. The van der Waals surface area contributed by atoms with Gasteiger partial charge in [0, 0.05) is 24.5 Å². The highest BCUT2D eigenvalue weighted by molar-refractivity contribution is 7.92. The third-order valence-electron chi connectivity index (χ3n) is 5.60. The Morgan fingerprint density at radius 2 is 1.60 bits per heavy atom. The molecule has 1 unspecified atom stereocenters. The van der Waals surface area contributed by atoms with Crippen LogP contribution in [0.4, 0.5) is 28.0 Å². The molecule has 182 valence electrons. The number of anilines is 1. The molecular formula is C23H17F4N3O4S. The van der Waals surface area contributed by atoms with Crippen molar-refractivity contribution in [2.75, 3.05) is 4.90 Å². The van der Waals surface area contributed by atoms with Crippen LogP contribution in [-0.4, -0.2) is 41.8 Å². The average molecular weight is 507 g/mol. The third kappa shape index (κ3) is 4.36. The summed E-state index contributed by atoms with van der Waals surface area (Å²) in [6, 6.07) is 9.03. The summed E-state index contributed by atoms with van der Waals surface area (Å²) in [5, 5.41) is 0. The van der Waals surface area contributed by atoms with E-state index >= 15 is 0 Å². The number of imide groups is 1. The van der Waals surface area contributed by atoms with Gasteiger partial charge in [0.25, 0.3) is 15.7 Å².